The molecule has 0 unspecified atom stereocenters. The minimum Gasteiger partial charge on any atom is -0.493 e. The van der Waals surface area contributed by atoms with Crippen LogP contribution in [-0.2, 0) is 12.8 Å². The Morgan fingerprint density at radius 2 is 1.69 bits per heavy atom. The van der Waals surface area contributed by atoms with Crippen molar-refractivity contribution in [3.63, 3.8) is 0 Å². The molecule has 2 N–H and O–H groups in total. The van der Waals surface area contributed by atoms with Crippen LogP contribution in [0.15, 0.2) is 72.9 Å². The van der Waals surface area contributed by atoms with E-state index in [2.05, 4.69) is 33.8 Å². The Balaban J connectivity index is 1.81. The first-order valence-electron chi connectivity index (χ1n) is 9.44. The predicted molar refractivity (Wildman–Crippen MR) is 110 cm³/mol. The Morgan fingerprint density at radius 1 is 0.931 bits per heavy atom. The third-order valence-corrected chi connectivity index (χ3v) is 5.45. The molecule has 0 saturated carbocycles. The number of nitrogens with zero attached hydrogens (tertiary/aromatic N) is 2. The van der Waals surface area contributed by atoms with E-state index in [1.165, 1.54) is 23.4 Å². The van der Waals surface area contributed by atoms with Crippen LogP contribution in [0.1, 0.15) is 21.6 Å². The van der Waals surface area contributed by atoms with Gasteiger partial charge in [0.25, 0.3) is 0 Å². The van der Waals surface area contributed by atoms with Crippen LogP contribution in [0.2, 0.25) is 0 Å². The quantitative estimate of drug-likeness (QED) is 0.538. The van der Waals surface area contributed by atoms with Crippen LogP contribution in [0.3, 0.4) is 0 Å². The van der Waals surface area contributed by atoms with E-state index in [1.807, 2.05) is 36.4 Å². The van der Waals surface area contributed by atoms with Crippen molar-refractivity contribution >= 4 is 5.97 Å². The standard InChI is InChI=1S/C24H18N2O3/c27-23-20(24(28)29)12-17(14-25-23)26-21-11-10-15-6-4-5-9-18(15)19(21)13-22(26)16-7-2-1-3-8-16/h1-9,12-14H,10-11H2,(H,25,27)(H,28,29). The molecule has 0 fully saturated rings. The second-order valence-electron chi connectivity index (χ2n) is 7.12. The third kappa shape index (κ3) is 2.79. The van der Waals surface area contributed by atoms with Crippen molar-refractivity contribution in [3.05, 3.63) is 89.7 Å². The lowest BCUT2D eigenvalue weighted by Crippen LogP contribution is -2.10. The van der Waals surface area contributed by atoms with Crippen LogP contribution in [0.5, 0.6) is 5.88 Å². The minimum absolute atomic E-state index is 0.208. The highest BCUT2D eigenvalue weighted by Gasteiger charge is 2.25. The summed E-state index contributed by atoms with van der Waals surface area (Å²) in [5.41, 5.74) is 7.20. The molecule has 0 bridgehead atoms. The van der Waals surface area contributed by atoms with Crippen LogP contribution in [0, 0.1) is 0 Å². The van der Waals surface area contributed by atoms with Gasteiger partial charge >= 0.3 is 5.97 Å². The summed E-state index contributed by atoms with van der Waals surface area (Å²) in [5, 5.41) is 19.3. The number of carboxylic acids is 1. The molecular weight excluding hydrogens is 364 g/mol. The maximum atomic E-state index is 11.5. The van der Waals surface area contributed by atoms with Gasteiger partial charge in [0.1, 0.15) is 5.56 Å². The molecule has 5 rings (SSSR count). The van der Waals surface area contributed by atoms with Crippen molar-refractivity contribution in [1.29, 1.82) is 0 Å². The van der Waals surface area contributed by atoms with E-state index in [0.29, 0.717) is 5.69 Å². The molecule has 1 aliphatic rings. The van der Waals surface area contributed by atoms with Crippen LogP contribution >= 0.6 is 0 Å². The lowest BCUT2D eigenvalue weighted by molar-refractivity contribution is 0.0693. The zero-order valence-electron chi connectivity index (χ0n) is 15.5. The molecule has 0 radical (unpaired) electrons. The minimum atomic E-state index is -1.20. The van der Waals surface area contributed by atoms with E-state index in [1.54, 1.807) is 0 Å². The molecule has 4 aromatic rings. The maximum Gasteiger partial charge on any atom is 0.341 e. The number of aromatic nitrogens is 2. The number of carboxylic acid groups (broad SMARTS) is 1. The smallest absolute Gasteiger partial charge is 0.341 e. The van der Waals surface area contributed by atoms with Gasteiger partial charge in [-0.25, -0.2) is 9.78 Å². The Bertz CT molecular complexity index is 1240. The van der Waals surface area contributed by atoms with Gasteiger partial charge in [0.15, 0.2) is 0 Å². The molecular formula is C24H18N2O3. The molecule has 29 heavy (non-hydrogen) atoms. The summed E-state index contributed by atoms with van der Waals surface area (Å²) in [6.45, 7) is 0. The summed E-state index contributed by atoms with van der Waals surface area (Å²) < 4.78 is 2.07. The topological polar surface area (TPSA) is 75.3 Å². The normalized spacial score (nSPS) is 12.3. The molecule has 5 heteroatoms. The van der Waals surface area contributed by atoms with Gasteiger partial charge in [-0.1, -0.05) is 54.6 Å². The number of aromatic hydroxyl groups is 1. The molecule has 2 heterocycles. The van der Waals surface area contributed by atoms with Crippen LogP contribution in [0.25, 0.3) is 28.1 Å². The van der Waals surface area contributed by atoms with E-state index in [-0.39, 0.29) is 5.56 Å². The zero-order chi connectivity index (χ0) is 20.0. The van der Waals surface area contributed by atoms with E-state index in [4.69, 9.17) is 0 Å². The number of rotatable bonds is 3. The Kier molecular flexibility index (Phi) is 3.95. The van der Waals surface area contributed by atoms with E-state index in [9.17, 15) is 15.0 Å². The summed E-state index contributed by atoms with van der Waals surface area (Å²) >= 11 is 0. The fourth-order valence-electron chi connectivity index (χ4n) is 4.13. The first kappa shape index (κ1) is 17.3. The van der Waals surface area contributed by atoms with Crippen molar-refractivity contribution in [2.24, 2.45) is 0 Å². The number of aromatic carboxylic acids is 1. The average Bonchev–Trinajstić information content (AvgIpc) is 3.15. The molecule has 0 saturated heterocycles. The van der Waals surface area contributed by atoms with Gasteiger partial charge in [-0.15, -0.1) is 0 Å². The van der Waals surface area contributed by atoms with E-state index >= 15 is 0 Å². The second kappa shape index (κ2) is 6.63. The van der Waals surface area contributed by atoms with Gasteiger partial charge in [0.05, 0.1) is 17.6 Å². The van der Waals surface area contributed by atoms with Gasteiger partial charge in [0, 0.05) is 11.3 Å². The molecule has 5 nitrogen and oxygen atoms in total. The Hall–Kier alpha value is -3.86. The van der Waals surface area contributed by atoms with Crippen LogP contribution in [-0.4, -0.2) is 25.7 Å². The Labute approximate surface area is 167 Å². The van der Waals surface area contributed by atoms with Crippen molar-refractivity contribution in [2.75, 3.05) is 0 Å². The van der Waals surface area contributed by atoms with Crippen LogP contribution in [0.4, 0.5) is 0 Å². The lowest BCUT2D eigenvalue weighted by Gasteiger charge is -2.20. The highest BCUT2D eigenvalue weighted by molar-refractivity contribution is 5.91. The monoisotopic (exact) mass is 382 g/mol. The summed E-state index contributed by atoms with van der Waals surface area (Å²) in [5.74, 6) is -1.68. The first-order valence-corrected chi connectivity index (χ1v) is 9.44. The predicted octanol–water partition coefficient (Wildman–Crippen LogP) is 4.71. The summed E-state index contributed by atoms with van der Waals surface area (Å²) in [4.78, 5) is 15.5. The maximum absolute atomic E-state index is 11.5. The van der Waals surface area contributed by atoms with Crippen molar-refractivity contribution < 1.29 is 15.0 Å². The molecule has 0 atom stereocenters. The van der Waals surface area contributed by atoms with Gasteiger partial charge in [-0.2, -0.15) is 0 Å². The number of aryl methyl sites for hydroxylation is 1. The fraction of sp³-hybridized carbons (Fsp3) is 0.0833. The van der Waals surface area contributed by atoms with E-state index in [0.717, 1.165) is 35.4 Å². The number of pyridine rings is 1. The number of fused-ring (bicyclic) bond motifs is 3. The lowest BCUT2D eigenvalue weighted by atomic mass is 9.90. The molecule has 1 aliphatic carbocycles. The molecule has 2 aromatic carbocycles. The number of hydrogen-bond acceptors (Lipinski definition) is 3. The average molecular weight is 382 g/mol. The molecule has 0 aliphatic heterocycles. The summed E-state index contributed by atoms with van der Waals surface area (Å²) in [7, 11) is 0. The molecule has 142 valence electrons. The fourth-order valence-corrected chi connectivity index (χ4v) is 4.13. The van der Waals surface area contributed by atoms with Crippen molar-refractivity contribution in [3.8, 4) is 34.0 Å². The van der Waals surface area contributed by atoms with Gasteiger partial charge < -0.3 is 14.8 Å². The first-order chi connectivity index (χ1) is 14.1. The third-order valence-electron chi connectivity index (χ3n) is 5.45. The van der Waals surface area contributed by atoms with Crippen molar-refractivity contribution in [1.82, 2.24) is 9.55 Å². The Morgan fingerprint density at radius 3 is 2.48 bits per heavy atom. The number of hydrogen-bond donors (Lipinski definition) is 2. The molecule has 2 aromatic heterocycles. The molecule has 0 spiro atoms. The summed E-state index contributed by atoms with van der Waals surface area (Å²) in [6.07, 6.45) is 3.27. The second-order valence-corrected chi connectivity index (χ2v) is 7.12. The highest BCUT2D eigenvalue weighted by atomic mass is 16.4. The SMILES string of the molecule is O=C(O)c1cc(-n2c(-c3ccccc3)cc3c2CCc2ccccc2-3)cnc1O. The molecule has 0 amide bonds. The number of benzene rings is 2. The zero-order valence-corrected chi connectivity index (χ0v) is 15.5. The van der Waals surface area contributed by atoms with E-state index < -0.39 is 11.8 Å². The van der Waals surface area contributed by atoms with Crippen LogP contribution < -0.4 is 0 Å². The van der Waals surface area contributed by atoms with Gasteiger partial charge in [-0.3, -0.25) is 0 Å². The largest absolute Gasteiger partial charge is 0.493 e. The number of carbonyl (C=O) groups is 1. The van der Waals surface area contributed by atoms with Gasteiger partial charge in [0.2, 0.25) is 5.88 Å². The highest BCUT2D eigenvalue weighted by Crippen LogP contribution is 2.40. The van der Waals surface area contributed by atoms with Gasteiger partial charge in [-0.05, 0) is 41.7 Å². The summed E-state index contributed by atoms with van der Waals surface area (Å²) in [6, 6.07) is 22.0. The van der Waals surface area contributed by atoms with Crippen molar-refractivity contribution in [2.45, 2.75) is 12.8 Å².